The Bertz CT molecular complexity index is 593. The average molecular weight is 285 g/mol. The number of rotatable bonds is 6. The molecule has 4 heteroatoms. The van der Waals surface area contributed by atoms with Crippen LogP contribution in [0.1, 0.15) is 21.5 Å². The number of carbonyl (C=O) groups excluding carboxylic acids is 1. The van der Waals surface area contributed by atoms with Gasteiger partial charge in [-0.2, -0.15) is 0 Å². The second-order valence-corrected chi connectivity index (χ2v) is 4.68. The maximum Gasteiger partial charge on any atom is 0.337 e. The second kappa shape index (κ2) is 7.45. The van der Waals surface area contributed by atoms with Crippen LogP contribution >= 0.6 is 0 Å². The molecule has 0 amide bonds. The summed E-state index contributed by atoms with van der Waals surface area (Å²) in [7, 11) is 3.06. The molecule has 4 nitrogen and oxygen atoms in total. The van der Waals surface area contributed by atoms with Gasteiger partial charge < -0.3 is 14.8 Å². The van der Waals surface area contributed by atoms with Gasteiger partial charge in [0.2, 0.25) is 0 Å². The van der Waals surface area contributed by atoms with Crippen LogP contribution in [0, 0.1) is 0 Å². The van der Waals surface area contributed by atoms with E-state index in [0.29, 0.717) is 12.2 Å². The summed E-state index contributed by atoms with van der Waals surface area (Å²) in [4.78, 5) is 11.3. The molecule has 2 rings (SSSR count). The van der Waals surface area contributed by atoms with Gasteiger partial charge in [-0.1, -0.05) is 24.3 Å². The lowest BCUT2D eigenvalue weighted by atomic mass is 10.1. The fourth-order valence-corrected chi connectivity index (χ4v) is 2.04. The molecule has 0 aliphatic rings. The Labute approximate surface area is 124 Å². The standard InChI is InChI=1S/C17H19NO3/c1-20-12-14-5-3-4-13(10-14)11-18-16-8-6-15(7-9-16)17(19)21-2/h3-10,18H,11-12H2,1-2H3. The molecule has 0 aromatic heterocycles. The van der Waals surface area contributed by atoms with Crippen molar-refractivity contribution in [2.45, 2.75) is 13.2 Å². The molecule has 0 aliphatic carbocycles. The van der Waals surface area contributed by atoms with Gasteiger partial charge in [-0.15, -0.1) is 0 Å². The van der Waals surface area contributed by atoms with E-state index in [1.807, 2.05) is 24.3 Å². The van der Waals surface area contributed by atoms with E-state index >= 15 is 0 Å². The smallest absolute Gasteiger partial charge is 0.337 e. The van der Waals surface area contributed by atoms with E-state index in [2.05, 4.69) is 22.2 Å². The van der Waals surface area contributed by atoms with E-state index in [0.717, 1.165) is 17.8 Å². The first kappa shape index (κ1) is 15.1. The Morgan fingerprint density at radius 2 is 1.76 bits per heavy atom. The number of ether oxygens (including phenoxy) is 2. The van der Waals surface area contributed by atoms with Crippen LogP contribution in [0.25, 0.3) is 0 Å². The van der Waals surface area contributed by atoms with Gasteiger partial charge in [0.15, 0.2) is 0 Å². The number of benzene rings is 2. The van der Waals surface area contributed by atoms with Crippen molar-refractivity contribution in [2.24, 2.45) is 0 Å². The highest BCUT2D eigenvalue weighted by atomic mass is 16.5. The number of esters is 1. The Balaban J connectivity index is 1.96. The fourth-order valence-electron chi connectivity index (χ4n) is 2.04. The summed E-state index contributed by atoms with van der Waals surface area (Å²) >= 11 is 0. The number of carbonyl (C=O) groups is 1. The van der Waals surface area contributed by atoms with E-state index in [-0.39, 0.29) is 5.97 Å². The van der Waals surface area contributed by atoms with E-state index in [9.17, 15) is 4.79 Å². The molecule has 0 atom stereocenters. The molecular weight excluding hydrogens is 266 g/mol. The molecule has 0 saturated heterocycles. The molecule has 0 saturated carbocycles. The highest BCUT2D eigenvalue weighted by Gasteiger charge is 2.04. The number of anilines is 1. The van der Waals surface area contributed by atoms with Crippen molar-refractivity contribution in [1.29, 1.82) is 0 Å². The highest BCUT2D eigenvalue weighted by Crippen LogP contribution is 2.13. The zero-order valence-corrected chi connectivity index (χ0v) is 12.3. The number of nitrogens with one attached hydrogen (secondary N) is 1. The monoisotopic (exact) mass is 285 g/mol. The van der Waals surface area contributed by atoms with Crippen LogP contribution in [0.4, 0.5) is 5.69 Å². The lowest BCUT2D eigenvalue weighted by Crippen LogP contribution is -2.03. The summed E-state index contributed by atoms with van der Waals surface area (Å²) in [5, 5.41) is 3.32. The van der Waals surface area contributed by atoms with Crippen LogP contribution in [0.2, 0.25) is 0 Å². The minimum Gasteiger partial charge on any atom is -0.465 e. The topological polar surface area (TPSA) is 47.6 Å². The summed E-state index contributed by atoms with van der Waals surface area (Å²) in [6.45, 7) is 1.33. The molecule has 2 aromatic rings. The van der Waals surface area contributed by atoms with Gasteiger partial charge in [-0.3, -0.25) is 0 Å². The van der Waals surface area contributed by atoms with Gasteiger partial charge in [0.1, 0.15) is 0 Å². The molecule has 110 valence electrons. The summed E-state index contributed by atoms with van der Waals surface area (Å²) in [5.41, 5.74) is 3.84. The second-order valence-electron chi connectivity index (χ2n) is 4.68. The molecule has 21 heavy (non-hydrogen) atoms. The molecule has 2 aromatic carbocycles. The largest absolute Gasteiger partial charge is 0.465 e. The maximum absolute atomic E-state index is 11.3. The molecule has 0 fully saturated rings. The van der Waals surface area contributed by atoms with Crippen molar-refractivity contribution >= 4 is 11.7 Å². The quantitative estimate of drug-likeness (QED) is 0.828. The first-order valence-electron chi connectivity index (χ1n) is 6.72. The highest BCUT2D eigenvalue weighted by molar-refractivity contribution is 5.89. The van der Waals surface area contributed by atoms with Crippen LogP contribution in [-0.4, -0.2) is 20.2 Å². The van der Waals surface area contributed by atoms with E-state index < -0.39 is 0 Å². The van der Waals surface area contributed by atoms with Gasteiger partial charge in [-0.25, -0.2) is 4.79 Å². The van der Waals surface area contributed by atoms with E-state index in [4.69, 9.17) is 4.74 Å². The van der Waals surface area contributed by atoms with Crippen molar-refractivity contribution in [3.05, 3.63) is 65.2 Å². The van der Waals surface area contributed by atoms with Crippen molar-refractivity contribution < 1.29 is 14.3 Å². The van der Waals surface area contributed by atoms with E-state index in [1.165, 1.54) is 12.7 Å². The van der Waals surface area contributed by atoms with Crippen LogP contribution < -0.4 is 5.32 Å². The fraction of sp³-hybridized carbons (Fsp3) is 0.235. The predicted molar refractivity (Wildman–Crippen MR) is 82.3 cm³/mol. The molecule has 0 spiro atoms. The molecule has 1 N–H and O–H groups in total. The minimum absolute atomic E-state index is 0.325. The Hall–Kier alpha value is -2.33. The first-order valence-corrected chi connectivity index (χ1v) is 6.72. The van der Waals surface area contributed by atoms with E-state index in [1.54, 1.807) is 19.2 Å². The lowest BCUT2D eigenvalue weighted by Gasteiger charge is -2.08. The van der Waals surface area contributed by atoms with Crippen LogP contribution in [0.3, 0.4) is 0 Å². The third-order valence-corrected chi connectivity index (χ3v) is 3.11. The molecule has 0 unspecified atom stereocenters. The van der Waals surface area contributed by atoms with Crippen LogP contribution in [-0.2, 0) is 22.6 Å². The first-order chi connectivity index (χ1) is 10.2. The van der Waals surface area contributed by atoms with Gasteiger partial charge in [-0.05, 0) is 35.4 Å². The summed E-state index contributed by atoms with van der Waals surface area (Å²) in [6, 6.07) is 15.5. The van der Waals surface area contributed by atoms with Crippen LogP contribution in [0.15, 0.2) is 48.5 Å². The zero-order valence-electron chi connectivity index (χ0n) is 12.3. The average Bonchev–Trinajstić information content (AvgIpc) is 2.53. The van der Waals surface area contributed by atoms with Crippen molar-refractivity contribution in [1.82, 2.24) is 0 Å². The number of hydrogen-bond acceptors (Lipinski definition) is 4. The van der Waals surface area contributed by atoms with Crippen molar-refractivity contribution in [2.75, 3.05) is 19.5 Å². The van der Waals surface area contributed by atoms with Gasteiger partial charge >= 0.3 is 5.97 Å². The Morgan fingerprint density at radius 1 is 1.05 bits per heavy atom. The lowest BCUT2D eigenvalue weighted by molar-refractivity contribution is 0.0601. The van der Waals surface area contributed by atoms with Gasteiger partial charge in [0.05, 0.1) is 19.3 Å². The zero-order chi connectivity index (χ0) is 15.1. The van der Waals surface area contributed by atoms with Gasteiger partial charge in [0.25, 0.3) is 0 Å². The number of methoxy groups -OCH3 is 2. The molecular formula is C17H19NO3. The maximum atomic E-state index is 11.3. The number of hydrogen-bond donors (Lipinski definition) is 1. The molecule has 0 heterocycles. The predicted octanol–water partition coefficient (Wildman–Crippen LogP) is 3.23. The third-order valence-electron chi connectivity index (χ3n) is 3.11. The Morgan fingerprint density at radius 3 is 2.43 bits per heavy atom. The summed E-state index contributed by atoms with van der Waals surface area (Å²) < 4.78 is 9.80. The van der Waals surface area contributed by atoms with Crippen molar-refractivity contribution in [3.8, 4) is 0 Å². The minimum atomic E-state index is -0.325. The Kier molecular flexibility index (Phi) is 5.35. The third kappa shape index (κ3) is 4.33. The molecule has 0 radical (unpaired) electrons. The van der Waals surface area contributed by atoms with Crippen molar-refractivity contribution in [3.63, 3.8) is 0 Å². The SMILES string of the molecule is COCc1cccc(CNc2ccc(C(=O)OC)cc2)c1. The van der Waals surface area contributed by atoms with Gasteiger partial charge in [0, 0.05) is 19.3 Å². The summed E-state index contributed by atoms with van der Waals surface area (Å²) in [5.74, 6) is -0.325. The van der Waals surface area contributed by atoms with Crippen LogP contribution in [0.5, 0.6) is 0 Å². The summed E-state index contributed by atoms with van der Waals surface area (Å²) in [6.07, 6.45) is 0. The normalized spacial score (nSPS) is 10.2. The molecule has 0 aliphatic heterocycles. The molecule has 0 bridgehead atoms.